The monoisotopic (exact) mass is 658 g/mol. The average molecular weight is 659 g/mol. The molecule has 46 heavy (non-hydrogen) atoms. The van der Waals surface area contributed by atoms with Crippen LogP contribution in [0.1, 0.15) is 55.4 Å². The molecular weight excluding hydrogens is 620 g/mol. The Labute approximate surface area is 263 Å². The van der Waals surface area contributed by atoms with Crippen molar-refractivity contribution in [1.82, 2.24) is 0 Å². The lowest BCUT2D eigenvalue weighted by Crippen LogP contribution is -2.61. The van der Waals surface area contributed by atoms with Crippen LogP contribution in [0.3, 0.4) is 0 Å². The fourth-order valence-electron chi connectivity index (χ4n) is 5.04. The molecule has 3 heterocycles. The summed E-state index contributed by atoms with van der Waals surface area (Å²) in [6.45, 7) is 9.29. The third kappa shape index (κ3) is 10.0. The predicted molar refractivity (Wildman–Crippen MR) is 146 cm³/mol. The summed E-state index contributed by atoms with van der Waals surface area (Å²) in [6, 6.07) is 1.38. The van der Waals surface area contributed by atoms with E-state index in [9.17, 15) is 28.8 Å². The van der Waals surface area contributed by atoms with Crippen LogP contribution in [0, 0.1) is 0 Å². The van der Waals surface area contributed by atoms with Crippen molar-refractivity contribution in [2.75, 3.05) is 13.2 Å². The lowest BCUT2D eigenvalue weighted by atomic mass is 9.97. The molecule has 0 aromatic heterocycles. The van der Waals surface area contributed by atoms with Gasteiger partial charge in [-0.25, -0.2) is 4.99 Å². The predicted octanol–water partition coefficient (Wildman–Crippen LogP) is -0.0168. The minimum Gasteiger partial charge on any atom is -0.463 e. The first kappa shape index (κ1) is 36.5. The Balaban J connectivity index is 2.01. The van der Waals surface area contributed by atoms with E-state index in [1.54, 1.807) is 13.8 Å². The Bertz CT molecular complexity index is 1250. The Hall–Kier alpha value is -3.96. The van der Waals surface area contributed by atoms with E-state index < -0.39 is 109 Å². The molecular formula is C28H38N2O16. The number of hydrogen-bond acceptors (Lipinski definition) is 18. The first-order valence-corrected chi connectivity index (χ1v) is 14.2. The van der Waals surface area contributed by atoms with Gasteiger partial charge in [0.15, 0.2) is 36.4 Å². The van der Waals surface area contributed by atoms with Crippen LogP contribution in [0.4, 0.5) is 0 Å². The maximum Gasteiger partial charge on any atom is 0.305 e. The van der Waals surface area contributed by atoms with Gasteiger partial charge in [-0.1, -0.05) is 0 Å². The van der Waals surface area contributed by atoms with Gasteiger partial charge in [0, 0.05) is 41.5 Å². The Kier molecular flexibility index (Phi) is 12.3. The van der Waals surface area contributed by atoms with Gasteiger partial charge in [0.1, 0.15) is 37.6 Å². The molecule has 256 valence electrons. The van der Waals surface area contributed by atoms with Gasteiger partial charge in [0.05, 0.1) is 6.01 Å². The summed E-state index contributed by atoms with van der Waals surface area (Å²) >= 11 is 0. The quantitative estimate of drug-likeness (QED) is 0.162. The summed E-state index contributed by atoms with van der Waals surface area (Å²) in [5.41, 5.74) is 0. The molecule has 3 rings (SSSR count). The molecule has 0 aliphatic carbocycles. The summed E-state index contributed by atoms with van der Waals surface area (Å²) in [4.78, 5) is 79.5. The van der Waals surface area contributed by atoms with E-state index >= 15 is 0 Å². The van der Waals surface area contributed by atoms with Crippen LogP contribution < -0.4 is 0 Å². The first-order chi connectivity index (χ1) is 21.5. The average Bonchev–Trinajstić information content (AvgIpc) is 3.39. The summed E-state index contributed by atoms with van der Waals surface area (Å²) in [6.07, 6.45) is -10.9. The molecule has 18 nitrogen and oxygen atoms in total. The lowest BCUT2D eigenvalue weighted by Gasteiger charge is -2.42. The minimum atomic E-state index is -1.49. The van der Waals surface area contributed by atoms with E-state index in [0.29, 0.717) is 0 Å². The molecule has 0 N–H and O–H groups in total. The molecule has 0 bridgehead atoms. The highest BCUT2D eigenvalue weighted by Gasteiger charge is 2.59. The zero-order valence-corrected chi connectivity index (χ0v) is 26.6. The number of hydrogen-bond donors (Lipinski definition) is 0. The van der Waals surface area contributed by atoms with Gasteiger partial charge in [0.2, 0.25) is 6.29 Å². The minimum absolute atomic E-state index is 0.346. The summed E-state index contributed by atoms with van der Waals surface area (Å²) in [7, 11) is 0. The normalized spacial score (nSPS) is 31.6. The zero-order valence-electron chi connectivity index (χ0n) is 26.6. The lowest BCUT2D eigenvalue weighted by molar-refractivity contribution is -0.250. The largest absolute Gasteiger partial charge is 0.463 e. The molecule has 0 amide bonds. The van der Waals surface area contributed by atoms with E-state index in [1.165, 1.54) is 13.8 Å². The van der Waals surface area contributed by atoms with Crippen molar-refractivity contribution < 1.29 is 76.1 Å². The fraction of sp³-hybridized carbons (Fsp3) is 0.750. The van der Waals surface area contributed by atoms with E-state index in [1.807, 2.05) is 0 Å². The van der Waals surface area contributed by atoms with Gasteiger partial charge in [-0.05, 0) is 13.8 Å². The highest BCUT2D eigenvalue weighted by molar-refractivity contribution is 5.69. The van der Waals surface area contributed by atoms with Crippen molar-refractivity contribution in [2.24, 2.45) is 9.98 Å². The van der Waals surface area contributed by atoms with Crippen molar-refractivity contribution in [3.8, 4) is 0 Å². The topological polar surface area (TPSA) is 219 Å². The van der Waals surface area contributed by atoms with Crippen molar-refractivity contribution in [2.45, 2.75) is 122 Å². The highest BCUT2D eigenvalue weighted by atomic mass is 16.8. The molecule has 3 aliphatic rings. The SMILES string of the molecule is CC(=O)OC[C@H](N=C=N[C@@H]1O[C@H](COC(C)=O)[C@@H](OC(C)=O)[C@H](OC(C)=O)[C@H]1OC(C)=O)[C@H]1O[C@H](OC(C)=O)[C@H]2OC(C)(C)O[C@H]21. The van der Waals surface area contributed by atoms with Gasteiger partial charge < -0.3 is 47.4 Å². The van der Waals surface area contributed by atoms with Crippen molar-refractivity contribution in [3.63, 3.8) is 0 Å². The van der Waals surface area contributed by atoms with Crippen LogP contribution in [0.15, 0.2) is 9.98 Å². The number of nitrogens with zero attached hydrogens (tertiary/aromatic N) is 2. The first-order valence-electron chi connectivity index (χ1n) is 14.2. The van der Waals surface area contributed by atoms with E-state index in [-0.39, 0.29) is 6.61 Å². The van der Waals surface area contributed by atoms with Crippen molar-refractivity contribution >= 4 is 41.8 Å². The third-order valence-corrected chi connectivity index (χ3v) is 6.54. The third-order valence-electron chi connectivity index (χ3n) is 6.54. The number of rotatable bonds is 11. The zero-order chi connectivity index (χ0) is 34.3. The van der Waals surface area contributed by atoms with Crippen LogP contribution in [-0.4, -0.2) is 122 Å². The summed E-state index contributed by atoms with van der Waals surface area (Å²) in [5.74, 6) is -5.46. The van der Waals surface area contributed by atoms with Crippen LogP contribution >= 0.6 is 0 Å². The van der Waals surface area contributed by atoms with Crippen LogP contribution in [0.25, 0.3) is 0 Å². The second-order valence-electron chi connectivity index (χ2n) is 11.0. The van der Waals surface area contributed by atoms with E-state index in [0.717, 1.165) is 27.7 Å². The molecule has 3 fully saturated rings. The molecule has 0 unspecified atom stereocenters. The van der Waals surface area contributed by atoms with Gasteiger partial charge in [-0.3, -0.25) is 28.8 Å². The summed E-state index contributed by atoms with van der Waals surface area (Å²) < 4.78 is 55.3. The molecule has 3 saturated heterocycles. The number of carbonyl (C=O) groups excluding carboxylic acids is 6. The summed E-state index contributed by atoms with van der Waals surface area (Å²) in [5, 5.41) is 0. The standard InChI is InChI=1S/C28H38N2O16/c1-12(31)37-9-18(20-23-25(46-28(7,8)45-23)27(44-20)42-17(6)36)29-11-30-26-24(41-16(5)35)22(40-15(4)34)21(39-14(3)33)19(43-26)10-38-13(2)32/h18-27H,9-10H2,1-8H3/t18-,19+,20+,21+,22-,23-,24+,25-,26+,27-/m0/s1. The van der Waals surface area contributed by atoms with Crippen LogP contribution in [0.5, 0.6) is 0 Å². The second kappa shape index (κ2) is 15.6. The Morgan fingerprint density at radius 2 is 1.24 bits per heavy atom. The fourth-order valence-corrected chi connectivity index (χ4v) is 5.04. The van der Waals surface area contributed by atoms with Crippen molar-refractivity contribution in [1.29, 1.82) is 0 Å². The number of carbonyl (C=O) groups is 6. The molecule has 0 aromatic rings. The Morgan fingerprint density at radius 1 is 0.696 bits per heavy atom. The van der Waals surface area contributed by atoms with Crippen molar-refractivity contribution in [3.05, 3.63) is 0 Å². The van der Waals surface area contributed by atoms with Crippen LogP contribution in [0.2, 0.25) is 0 Å². The van der Waals surface area contributed by atoms with Crippen LogP contribution in [-0.2, 0) is 76.1 Å². The molecule has 0 spiro atoms. The number of aliphatic imine (C=N–C) groups is 2. The number of esters is 6. The molecule has 3 aliphatic heterocycles. The molecule has 0 saturated carbocycles. The van der Waals surface area contributed by atoms with E-state index in [2.05, 4.69) is 16.0 Å². The smallest absolute Gasteiger partial charge is 0.305 e. The van der Waals surface area contributed by atoms with Gasteiger partial charge in [-0.15, -0.1) is 0 Å². The van der Waals surface area contributed by atoms with Gasteiger partial charge >= 0.3 is 35.8 Å². The van der Waals surface area contributed by atoms with Gasteiger partial charge in [-0.2, -0.15) is 4.99 Å². The van der Waals surface area contributed by atoms with Gasteiger partial charge in [0.25, 0.3) is 0 Å². The maximum atomic E-state index is 12.1. The molecule has 0 aromatic carbocycles. The molecule has 18 heteroatoms. The molecule has 0 radical (unpaired) electrons. The number of ether oxygens (including phenoxy) is 10. The number of fused-ring (bicyclic) bond motifs is 1. The molecule has 10 atom stereocenters. The van der Waals surface area contributed by atoms with E-state index in [4.69, 9.17) is 47.4 Å². The second-order valence-corrected chi connectivity index (χ2v) is 11.0. The maximum absolute atomic E-state index is 12.1. The highest BCUT2D eigenvalue weighted by Crippen LogP contribution is 2.41. The Morgan fingerprint density at radius 3 is 1.80 bits per heavy atom.